The number of rotatable bonds is 1. The monoisotopic (exact) mass is 371 g/mol. The lowest BCUT2D eigenvalue weighted by molar-refractivity contribution is 0.390. The van der Waals surface area contributed by atoms with E-state index in [0.29, 0.717) is 24.2 Å². The first-order valence-electron chi connectivity index (χ1n) is 6.45. The van der Waals surface area contributed by atoms with Crippen LogP contribution in [0.5, 0.6) is 23.0 Å². The maximum atomic E-state index is 14.1. The molecule has 1 unspecified atom stereocenters. The summed E-state index contributed by atoms with van der Waals surface area (Å²) >= 11 is 0. The van der Waals surface area contributed by atoms with Crippen LogP contribution < -0.4 is 5.32 Å². The normalized spacial score (nSPS) is 16.7. The van der Waals surface area contributed by atoms with Gasteiger partial charge in [0.15, 0.2) is 23.0 Å². The molecule has 7 heteroatoms. The van der Waals surface area contributed by atoms with E-state index in [0.717, 1.165) is 6.07 Å². The van der Waals surface area contributed by atoms with Crippen molar-refractivity contribution in [2.24, 2.45) is 0 Å². The predicted molar refractivity (Wildman–Crippen MR) is 83.4 cm³/mol. The third-order valence-corrected chi connectivity index (χ3v) is 3.79. The standard InChI is InChI=1S/C15H14FNO4.BrH/c16-11-4-14(20)13(19)3-8(11)9-5-17-6-10-7(9)1-2-12(18)15(10)21;/h1-4,9,17-21H,5-6H2;1H. The van der Waals surface area contributed by atoms with E-state index in [1.807, 2.05) is 0 Å². The van der Waals surface area contributed by atoms with Crippen molar-refractivity contribution in [3.8, 4) is 23.0 Å². The highest BCUT2D eigenvalue weighted by Crippen LogP contribution is 2.41. The molecule has 1 atom stereocenters. The zero-order chi connectivity index (χ0) is 15.1. The van der Waals surface area contributed by atoms with E-state index in [2.05, 4.69) is 5.32 Å². The SMILES string of the molecule is Br.Oc1cc(F)c(C2CNCc3c2ccc(O)c3O)cc1O. The van der Waals surface area contributed by atoms with Crippen LogP contribution in [0.25, 0.3) is 0 Å². The van der Waals surface area contributed by atoms with E-state index in [1.165, 1.54) is 12.1 Å². The van der Waals surface area contributed by atoms with Crippen LogP contribution in [0.3, 0.4) is 0 Å². The van der Waals surface area contributed by atoms with Crippen LogP contribution in [0, 0.1) is 5.82 Å². The molecule has 0 spiro atoms. The van der Waals surface area contributed by atoms with Crippen molar-refractivity contribution in [2.75, 3.05) is 6.54 Å². The van der Waals surface area contributed by atoms with E-state index < -0.39 is 23.2 Å². The third-order valence-electron chi connectivity index (χ3n) is 3.79. The Bertz CT molecular complexity index is 723. The van der Waals surface area contributed by atoms with Gasteiger partial charge in [0.1, 0.15) is 5.82 Å². The average Bonchev–Trinajstić information content (AvgIpc) is 2.46. The van der Waals surface area contributed by atoms with Gasteiger partial charge >= 0.3 is 0 Å². The number of hydrogen-bond acceptors (Lipinski definition) is 5. The third kappa shape index (κ3) is 2.57. The summed E-state index contributed by atoms with van der Waals surface area (Å²) in [6, 6.07) is 5.01. The summed E-state index contributed by atoms with van der Waals surface area (Å²) in [6.07, 6.45) is 0. The van der Waals surface area contributed by atoms with Crippen LogP contribution in [-0.2, 0) is 6.54 Å². The second-order valence-corrected chi connectivity index (χ2v) is 5.05. The van der Waals surface area contributed by atoms with Gasteiger partial charge in [-0.2, -0.15) is 0 Å². The van der Waals surface area contributed by atoms with E-state index in [-0.39, 0.29) is 34.0 Å². The molecule has 1 aliphatic heterocycles. The maximum absolute atomic E-state index is 14.1. The summed E-state index contributed by atoms with van der Waals surface area (Å²) in [7, 11) is 0. The first-order valence-corrected chi connectivity index (χ1v) is 6.45. The molecule has 5 nitrogen and oxygen atoms in total. The minimum atomic E-state index is -0.641. The zero-order valence-electron chi connectivity index (χ0n) is 11.4. The number of aromatic hydroxyl groups is 4. The summed E-state index contributed by atoms with van der Waals surface area (Å²) in [6.45, 7) is 0.774. The van der Waals surface area contributed by atoms with Gasteiger partial charge in [0.25, 0.3) is 0 Å². The predicted octanol–water partition coefficient (Wildman–Crippen LogP) is 2.46. The summed E-state index contributed by atoms with van der Waals surface area (Å²) < 4.78 is 14.1. The molecule has 22 heavy (non-hydrogen) atoms. The van der Waals surface area contributed by atoms with Crippen molar-refractivity contribution in [3.05, 3.63) is 46.8 Å². The number of fused-ring (bicyclic) bond motifs is 1. The topological polar surface area (TPSA) is 93.0 Å². The van der Waals surface area contributed by atoms with Crippen molar-refractivity contribution in [1.29, 1.82) is 0 Å². The second-order valence-electron chi connectivity index (χ2n) is 5.05. The van der Waals surface area contributed by atoms with Crippen molar-refractivity contribution in [1.82, 2.24) is 5.32 Å². The molecular formula is C15H15BrFNO4. The highest BCUT2D eigenvalue weighted by atomic mass is 79.9. The zero-order valence-corrected chi connectivity index (χ0v) is 13.1. The molecule has 0 saturated carbocycles. The van der Waals surface area contributed by atoms with Gasteiger partial charge in [-0.3, -0.25) is 0 Å². The van der Waals surface area contributed by atoms with Crippen LogP contribution in [0.15, 0.2) is 24.3 Å². The van der Waals surface area contributed by atoms with Crippen molar-refractivity contribution >= 4 is 17.0 Å². The number of halogens is 2. The number of phenols is 4. The Morgan fingerprint density at radius 1 is 0.955 bits per heavy atom. The van der Waals surface area contributed by atoms with Crippen LogP contribution in [0.2, 0.25) is 0 Å². The Morgan fingerprint density at radius 2 is 1.64 bits per heavy atom. The minimum Gasteiger partial charge on any atom is -0.504 e. The Kier molecular flexibility index (Phi) is 4.48. The maximum Gasteiger partial charge on any atom is 0.162 e. The Morgan fingerprint density at radius 3 is 2.36 bits per heavy atom. The molecule has 2 aromatic carbocycles. The van der Waals surface area contributed by atoms with Crippen molar-refractivity contribution < 1.29 is 24.8 Å². The number of benzene rings is 2. The van der Waals surface area contributed by atoms with Gasteiger partial charge in [0.2, 0.25) is 0 Å². The highest BCUT2D eigenvalue weighted by Gasteiger charge is 2.27. The van der Waals surface area contributed by atoms with Crippen molar-refractivity contribution in [2.45, 2.75) is 12.5 Å². The van der Waals surface area contributed by atoms with Gasteiger partial charge in [0, 0.05) is 36.2 Å². The minimum absolute atomic E-state index is 0. The Labute approximate surface area is 136 Å². The number of nitrogens with one attached hydrogen (secondary N) is 1. The lowest BCUT2D eigenvalue weighted by atomic mass is 9.84. The molecule has 2 aromatic rings. The molecule has 118 valence electrons. The van der Waals surface area contributed by atoms with Gasteiger partial charge in [-0.1, -0.05) is 6.07 Å². The lowest BCUT2D eigenvalue weighted by Gasteiger charge is -2.28. The van der Waals surface area contributed by atoms with Crippen LogP contribution in [0.1, 0.15) is 22.6 Å². The average molecular weight is 372 g/mol. The van der Waals surface area contributed by atoms with E-state index in [9.17, 15) is 24.8 Å². The molecule has 1 heterocycles. The van der Waals surface area contributed by atoms with E-state index in [4.69, 9.17) is 0 Å². The quantitative estimate of drug-likeness (QED) is 0.496. The molecular weight excluding hydrogens is 357 g/mol. The molecule has 0 aliphatic carbocycles. The molecule has 0 saturated heterocycles. The molecule has 0 fully saturated rings. The van der Waals surface area contributed by atoms with Gasteiger partial charge < -0.3 is 25.7 Å². The smallest absolute Gasteiger partial charge is 0.162 e. The van der Waals surface area contributed by atoms with Gasteiger partial charge in [-0.15, -0.1) is 17.0 Å². The fourth-order valence-corrected chi connectivity index (χ4v) is 2.72. The summed E-state index contributed by atoms with van der Waals surface area (Å²) in [5, 5.41) is 41.4. The molecule has 5 N–H and O–H groups in total. The van der Waals surface area contributed by atoms with Gasteiger partial charge in [-0.05, 0) is 17.7 Å². The molecule has 0 aromatic heterocycles. The summed E-state index contributed by atoms with van der Waals surface area (Å²) in [5.74, 6) is -2.46. The largest absolute Gasteiger partial charge is 0.504 e. The van der Waals surface area contributed by atoms with E-state index >= 15 is 0 Å². The van der Waals surface area contributed by atoms with Crippen LogP contribution in [-0.4, -0.2) is 27.0 Å². The van der Waals surface area contributed by atoms with Gasteiger partial charge in [-0.25, -0.2) is 4.39 Å². The van der Waals surface area contributed by atoms with Crippen LogP contribution >= 0.6 is 17.0 Å². The van der Waals surface area contributed by atoms with Gasteiger partial charge in [0.05, 0.1) is 0 Å². The molecule has 0 bridgehead atoms. The van der Waals surface area contributed by atoms with E-state index in [1.54, 1.807) is 6.07 Å². The first kappa shape index (κ1) is 16.4. The Balaban J connectivity index is 0.00000176. The number of phenolic OH excluding ortho intramolecular Hbond substituents is 4. The van der Waals surface area contributed by atoms with Crippen LogP contribution in [0.4, 0.5) is 4.39 Å². The first-order chi connectivity index (χ1) is 9.99. The summed E-state index contributed by atoms with van der Waals surface area (Å²) in [5.41, 5.74) is 1.38. The lowest BCUT2D eigenvalue weighted by Crippen LogP contribution is -2.29. The highest BCUT2D eigenvalue weighted by molar-refractivity contribution is 8.93. The second kappa shape index (κ2) is 6.02. The Hall–Kier alpha value is -1.99. The fourth-order valence-electron chi connectivity index (χ4n) is 2.72. The molecule has 3 rings (SSSR count). The van der Waals surface area contributed by atoms with Crippen molar-refractivity contribution in [3.63, 3.8) is 0 Å². The molecule has 0 radical (unpaired) electrons. The summed E-state index contributed by atoms with van der Waals surface area (Å²) in [4.78, 5) is 0. The fraction of sp³-hybridized carbons (Fsp3) is 0.200. The molecule has 1 aliphatic rings. The number of hydrogen-bond donors (Lipinski definition) is 5. The molecule has 0 amide bonds.